The highest BCUT2D eigenvalue weighted by Gasteiger charge is 2.52. The van der Waals surface area contributed by atoms with Crippen molar-refractivity contribution in [2.45, 2.75) is 31.2 Å². The van der Waals surface area contributed by atoms with E-state index in [2.05, 4.69) is 5.32 Å². The first kappa shape index (κ1) is 17.3. The number of hydrogen-bond donors (Lipinski definition) is 1. The van der Waals surface area contributed by atoms with Crippen LogP contribution in [-0.4, -0.2) is 18.5 Å². The normalized spacial score (nSPS) is 15.9. The molecule has 138 valence electrons. The van der Waals surface area contributed by atoms with Crippen LogP contribution in [-0.2, 0) is 19.7 Å². The minimum Gasteiger partial charge on any atom is -0.459 e. The van der Waals surface area contributed by atoms with Crippen molar-refractivity contribution in [2.75, 3.05) is 6.61 Å². The van der Waals surface area contributed by atoms with E-state index in [0.717, 1.165) is 29.4 Å². The van der Waals surface area contributed by atoms with E-state index >= 15 is 0 Å². The summed E-state index contributed by atoms with van der Waals surface area (Å²) >= 11 is 0. The number of rotatable bonds is 6. The van der Waals surface area contributed by atoms with E-state index in [1.807, 2.05) is 67.6 Å². The van der Waals surface area contributed by atoms with Crippen LogP contribution in [0.2, 0.25) is 0 Å². The predicted octanol–water partition coefficient (Wildman–Crippen LogP) is 3.89. The van der Waals surface area contributed by atoms with Crippen LogP contribution in [0.1, 0.15) is 37.1 Å². The second-order valence-corrected chi connectivity index (χ2v) is 7.00. The summed E-state index contributed by atoms with van der Waals surface area (Å²) in [7, 11) is 0. The first-order valence-corrected chi connectivity index (χ1v) is 9.09. The lowest BCUT2D eigenvalue weighted by Crippen LogP contribution is -2.33. The van der Waals surface area contributed by atoms with Gasteiger partial charge in [-0.1, -0.05) is 48.5 Å². The molecule has 1 aliphatic rings. The monoisotopic (exact) mass is 363 g/mol. The van der Waals surface area contributed by atoms with Gasteiger partial charge in [0.25, 0.3) is 5.91 Å². The van der Waals surface area contributed by atoms with Crippen molar-refractivity contribution in [2.24, 2.45) is 0 Å². The maximum Gasteiger partial charge on any atom is 0.317 e. The van der Waals surface area contributed by atoms with E-state index in [1.54, 1.807) is 0 Å². The largest absolute Gasteiger partial charge is 0.459 e. The van der Waals surface area contributed by atoms with Gasteiger partial charge in [0.05, 0.1) is 11.5 Å². The zero-order chi connectivity index (χ0) is 18.9. The number of carbonyl (C=O) groups excluding carboxylic acids is 2. The molecule has 5 nitrogen and oxygen atoms in total. The van der Waals surface area contributed by atoms with Crippen molar-refractivity contribution in [3.05, 3.63) is 72.0 Å². The molecule has 0 saturated heterocycles. The quantitative estimate of drug-likeness (QED) is 0.675. The summed E-state index contributed by atoms with van der Waals surface area (Å²) in [5.41, 5.74) is 1.15. The standard InChI is InChI=1S/C22H21NO4/c1-15(19-13-16-7-5-6-10-18(16)27-19)23-20(24)14-26-21(25)22(11-12-22)17-8-3-2-4-9-17/h2-10,13,15H,11-12,14H2,1H3,(H,23,24)/t15-/m1/s1. The Morgan fingerprint density at radius 3 is 2.52 bits per heavy atom. The molecule has 0 unspecified atom stereocenters. The maximum atomic E-state index is 12.5. The van der Waals surface area contributed by atoms with Crippen LogP contribution in [0.3, 0.4) is 0 Å². The Labute approximate surface area is 157 Å². The third-order valence-electron chi connectivity index (χ3n) is 5.05. The summed E-state index contributed by atoms with van der Waals surface area (Å²) in [5.74, 6) is -0.0146. The second-order valence-electron chi connectivity index (χ2n) is 7.00. The number of ether oxygens (including phenoxy) is 1. The number of nitrogens with one attached hydrogen (secondary N) is 1. The molecule has 1 aliphatic carbocycles. The minimum absolute atomic E-state index is 0.294. The highest BCUT2D eigenvalue weighted by Crippen LogP contribution is 2.49. The van der Waals surface area contributed by atoms with Gasteiger partial charge in [-0.05, 0) is 37.5 Å². The number of para-hydroxylation sites is 1. The third kappa shape index (κ3) is 3.45. The lowest BCUT2D eigenvalue weighted by Gasteiger charge is -2.16. The third-order valence-corrected chi connectivity index (χ3v) is 5.05. The molecule has 5 heteroatoms. The van der Waals surface area contributed by atoms with Gasteiger partial charge in [-0.25, -0.2) is 0 Å². The van der Waals surface area contributed by atoms with Crippen molar-refractivity contribution >= 4 is 22.8 Å². The lowest BCUT2D eigenvalue weighted by atomic mass is 9.96. The Bertz CT molecular complexity index is 939. The van der Waals surface area contributed by atoms with Gasteiger partial charge in [0.15, 0.2) is 6.61 Å². The average Bonchev–Trinajstić information content (AvgIpc) is 3.39. The van der Waals surface area contributed by atoms with Crippen LogP contribution in [0.25, 0.3) is 11.0 Å². The average molecular weight is 363 g/mol. The van der Waals surface area contributed by atoms with Gasteiger partial charge in [0, 0.05) is 5.39 Å². The van der Waals surface area contributed by atoms with Gasteiger partial charge in [-0.3, -0.25) is 9.59 Å². The van der Waals surface area contributed by atoms with E-state index in [9.17, 15) is 9.59 Å². The van der Waals surface area contributed by atoms with Crippen LogP contribution in [0, 0.1) is 0 Å². The summed E-state index contributed by atoms with van der Waals surface area (Å²) < 4.78 is 11.1. The van der Waals surface area contributed by atoms with Crippen LogP contribution >= 0.6 is 0 Å². The minimum atomic E-state index is -0.577. The molecule has 0 aliphatic heterocycles. The van der Waals surface area contributed by atoms with Gasteiger partial charge in [-0.15, -0.1) is 0 Å². The summed E-state index contributed by atoms with van der Waals surface area (Å²) in [6.07, 6.45) is 1.51. The fraction of sp³-hybridized carbons (Fsp3) is 0.273. The second kappa shape index (κ2) is 6.91. The van der Waals surface area contributed by atoms with Crippen molar-refractivity contribution in [1.29, 1.82) is 0 Å². The summed E-state index contributed by atoms with van der Waals surface area (Å²) in [4.78, 5) is 24.7. The zero-order valence-electron chi connectivity index (χ0n) is 15.1. The number of hydrogen-bond acceptors (Lipinski definition) is 4. The summed E-state index contributed by atoms with van der Waals surface area (Å²) in [6.45, 7) is 1.54. The summed E-state index contributed by atoms with van der Waals surface area (Å²) in [6, 6.07) is 18.9. The predicted molar refractivity (Wildman–Crippen MR) is 101 cm³/mol. The maximum absolute atomic E-state index is 12.5. The number of carbonyl (C=O) groups is 2. The SMILES string of the molecule is C[C@@H](NC(=O)COC(=O)C1(c2ccccc2)CC1)c1cc2ccccc2o1. The van der Waals surface area contributed by atoms with Crippen LogP contribution in [0.4, 0.5) is 0 Å². The highest BCUT2D eigenvalue weighted by atomic mass is 16.5. The van der Waals surface area contributed by atoms with E-state index in [-0.39, 0.29) is 24.5 Å². The number of furan rings is 1. The van der Waals surface area contributed by atoms with E-state index in [0.29, 0.717) is 5.76 Å². The Balaban J connectivity index is 1.33. The van der Waals surface area contributed by atoms with Gasteiger partial charge in [0.2, 0.25) is 0 Å². The smallest absolute Gasteiger partial charge is 0.317 e. The van der Waals surface area contributed by atoms with E-state index in [4.69, 9.17) is 9.15 Å². The topological polar surface area (TPSA) is 68.5 Å². The lowest BCUT2D eigenvalue weighted by molar-refractivity contribution is -0.151. The number of fused-ring (bicyclic) bond motifs is 1. The molecule has 0 radical (unpaired) electrons. The molecule has 1 saturated carbocycles. The van der Waals surface area contributed by atoms with Crippen molar-refractivity contribution in [1.82, 2.24) is 5.32 Å². The highest BCUT2D eigenvalue weighted by molar-refractivity contribution is 5.89. The molecule has 2 aromatic carbocycles. The van der Waals surface area contributed by atoms with Crippen LogP contribution in [0.15, 0.2) is 65.1 Å². The molecule has 1 heterocycles. The Kier molecular flexibility index (Phi) is 4.44. The van der Waals surface area contributed by atoms with Gasteiger partial charge in [0.1, 0.15) is 11.3 Å². The molecule has 1 N–H and O–H groups in total. The Hall–Kier alpha value is -3.08. The van der Waals surface area contributed by atoms with Crippen molar-refractivity contribution in [3.63, 3.8) is 0 Å². The number of benzene rings is 2. The van der Waals surface area contributed by atoms with Crippen molar-refractivity contribution < 1.29 is 18.7 Å². The number of esters is 1. The molecule has 27 heavy (non-hydrogen) atoms. The fourth-order valence-corrected chi connectivity index (χ4v) is 3.33. The molecule has 0 bridgehead atoms. The molecule has 1 atom stereocenters. The van der Waals surface area contributed by atoms with Crippen LogP contribution < -0.4 is 5.32 Å². The van der Waals surface area contributed by atoms with E-state index in [1.165, 1.54) is 0 Å². The molecule has 4 rings (SSSR count). The molecular formula is C22H21NO4. The molecule has 1 fully saturated rings. The van der Waals surface area contributed by atoms with Gasteiger partial charge < -0.3 is 14.5 Å². The fourth-order valence-electron chi connectivity index (χ4n) is 3.33. The first-order chi connectivity index (χ1) is 13.1. The van der Waals surface area contributed by atoms with Crippen molar-refractivity contribution in [3.8, 4) is 0 Å². The molecular weight excluding hydrogens is 342 g/mol. The Morgan fingerprint density at radius 2 is 1.81 bits per heavy atom. The first-order valence-electron chi connectivity index (χ1n) is 9.09. The molecule has 1 aromatic heterocycles. The molecule has 0 spiro atoms. The number of amides is 1. The van der Waals surface area contributed by atoms with Gasteiger partial charge in [-0.2, -0.15) is 0 Å². The zero-order valence-corrected chi connectivity index (χ0v) is 15.1. The van der Waals surface area contributed by atoms with Gasteiger partial charge >= 0.3 is 5.97 Å². The Morgan fingerprint density at radius 1 is 1.11 bits per heavy atom. The van der Waals surface area contributed by atoms with E-state index < -0.39 is 5.41 Å². The summed E-state index contributed by atoms with van der Waals surface area (Å²) in [5, 5.41) is 3.80. The molecule has 3 aromatic rings. The van der Waals surface area contributed by atoms with Crippen LogP contribution in [0.5, 0.6) is 0 Å². The molecule has 1 amide bonds.